The van der Waals surface area contributed by atoms with Crippen molar-refractivity contribution in [1.29, 1.82) is 0 Å². The van der Waals surface area contributed by atoms with Gasteiger partial charge in [-0.25, -0.2) is 0 Å². The van der Waals surface area contributed by atoms with Crippen LogP contribution in [0.2, 0.25) is 0 Å². The molecule has 1 N–H and O–H groups in total. The highest BCUT2D eigenvalue weighted by atomic mass is 16.2. The molecule has 3 aliphatic rings. The fourth-order valence-electron chi connectivity index (χ4n) is 4.66. The van der Waals surface area contributed by atoms with Gasteiger partial charge in [-0.15, -0.1) is 0 Å². The molecule has 3 heteroatoms. The lowest BCUT2D eigenvalue weighted by Crippen LogP contribution is -2.50. The number of rotatable bonds is 2. The second-order valence-electron chi connectivity index (χ2n) is 7.31. The average molecular weight is 278 g/mol. The van der Waals surface area contributed by atoms with Crippen LogP contribution in [0, 0.1) is 11.8 Å². The van der Waals surface area contributed by atoms with Crippen molar-refractivity contribution in [2.75, 3.05) is 0 Å². The van der Waals surface area contributed by atoms with E-state index in [1.807, 2.05) is 6.92 Å². The van der Waals surface area contributed by atoms with Crippen molar-refractivity contribution in [2.45, 2.75) is 89.9 Å². The SMILES string of the molecule is CC1NC(C2CCCC2)N(C2CCCCCC2C)C1=O. The van der Waals surface area contributed by atoms with Gasteiger partial charge in [-0.3, -0.25) is 10.1 Å². The summed E-state index contributed by atoms with van der Waals surface area (Å²) in [5.74, 6) is 1.72. The number of carbonyl (C=O) groups is 1. The van der Waals surface area contributed by atoms with Crippen molar-refractivity contribution in [3.63, 3.8) is 0 Å². The van der Waals surface area contributed by atoms with Gasteiger partial charge in [0.1, 0.15) is 0 Å². The molecular weight excluding hydrogens is 248 g/mol. The minimum Gasteiger partial charge on any atom is -0.322 e. The van der Waals surface area contributed by atoms with Crippen molar-refractivity contribution in [3.8, 4) is 0 Å². The molecule has 0 spiro atoms. The lowest BCUT2D eigenvalue weighted by molar-refractivity contribution is -0.134. The summed E-state index contributed by atoms with van der Waals surface area (Å²) in [5, 5.41) is 3.61. The van der Waals surface area contributed by atoms with Crippen molar-refractivity contribution < 1.29 is 4.79 Å². The number of nitrogens with one attached hydrogen (secondary N) is 1. The molecule has 1 aliphatic heterocycles. The van der Waals surface area contributed by atoms with Crippen LogP contribution in [0.1, 0.15) is 71.6 Å². The summed E-state index contributed by atoms with van der Waals surface area (Å²) >= 11 is 0. The first-order valence-electron chi connectivity index (χ1n) is 8.76. The molecule has 2 aliphatic carbocycles. The number of carbonyl (C=O) groups excluding carboxylic acids is 1. The van der Waals surface area contributed by atoms with Crippen molar-refractivity contribution >= 4 is 5.91 Å². The Balaban J connectivity index is 1.80. The largest absolute Gasteiger partial charge is 0.322 e. The lowest BCUT2D eigenvalue weighted by atomic mass is 9.93. The molecule has 3 nitrogen and oxygen atoms in total. The zero-order valence-electron chi connectivity index (χ0n) is 13.1. The zero-order chi connectivity index (χ0) is 14.1. The fourth-order valence-corrected chi connectivity index (χ4v) is 4.66. The first-order chi connectivity index (χ1) is 9.68. The summed E-state index contributed by atoms with van der Waals surface area (Å²) in [7, 11) is 0. The number of nitrogens with zero attached hydrogens (tertiary/aromatic N) is 1. The molecule has 3 rings (SSSR count). The van der Waals surface area contributed by atoms with E-state index < -0.39 is 0 Å². The van der Waals surface area contributed by atoms with Crippen molar-refractivity contribution in [2.24, 2.45) is 11.8 Å². The molecule has 1 amide bonds. The number of hydrogen-bond donors (Lipinski definition) is 1. The maximum Gasteiger partial charge on any atom is 0.240 e. The highest BCUT2D eigenvalue weighted by Gasteiger charge is 2.45. The molecule has 3 fully saturated rings. The molecule has 0 aromatic carbocycles. The van der Waals surface area contributed by atoms with Crippen LogP contribution >= 0.6 is 0 Å². The molecule has 0 aromatic rings. The van der Waals surface area contributed by atoms with Gasteiger partial charge in [0, 0.05) is 6.04 Å². The van der Waals surface area contributed by atoms with Crippen LogP contribution in [0.15, 0.2) is 0 Å². The normalized spacial score (nSPS) is 40.3. The van der Waals surface area contributed by atoms with E-state index in [4.69, 9.17) is 0 Å². The van der Waals surface area contributed by atoms with E-state index >= 15 is 0 Å². The smallest absolute Gasteiger partial charge is 0.240 e. The van der Waals surface area contributed by atoms with Crippen LogP contribution < -0.4 is 5.32 Å². The minimum absolute atomic E-state index is 0.0241. The third kappa shape index (κ3) is 2.61. The third-order valence-electron chi connectivity index (χ3n) is 5.87. The summed E-state index contributed by atoms with van der Waals surface area (Å²) in [6.07, 6.45) is 12.1. The average Bonchev–Trinajstić information content (AvgIpc) is 2.99. The molecule has 1 heterocycles. The van der Waals surface area contributed by atoms with Crippen molar-refractivity contribution in [3.05, 3.63) is 0 Å². The first-order valence-corrected chi connectivity index (χ1v) is 8.76. The van der Waals surface area contributed by atoms with Gasteiger partial charge in [0.25, 0.3) is 0 Å². The molecule has 0 aromatic heterocycles. The van der Waals surface area contributed by atoms with Crippen LogP contribution in [0.5, 0.6) is 0 Å². The Bertz CT molecular complexity index is 349. The maximum atomic E-state index is 12.7. The molecule has 4 atom stereocenters. The van der Waals surface area contributed by atoms with Gasteiger partial charge in [-0.2, -0.15) is 0 Å². The monoisotopic (exact) mass is 278 g/mol. The third-order valence-corrected chi connectivity index (χ3v) is 5.87. The summed E-state index contributed by atoms with van der Waals surface area (Å²) in [6.45, 7) is 4.41. The van der Waals surface area contributed by atoms with Crippen LogP contribution in [0.3, 0.4) is 0 Å². The van der Waals surface area contributed by atoms with Crippen molar-refractivity contribution in [1.82, 2.24) is 10.2 Å². The Morgan fingerprint density at radius 3 is 2.35 bits per heavy atom. The predicted molar refractivity (Wildman–Crippen MR) is 81.2 cm³/mol. The Morgan fingerprint density at radius 1 is 0.950 bits per heavy atom. The van der Waals surface area contributed by atoms with E-state index in [2.05, 4.69) is 17.1 Å². The van der Waals surface area contributed by atoms with Gasteiger partial charge < -0.3 is 4.90 Å². The van der Waals surface area contributed by atoms with Gasteiger partial charge in [0.2, 0.25) is 5.91 Å². The molecule has 20 heavy (non-hydrogen) atoms. The van der Waals surface area contributed by atoms with E-state index in [-0.39, 0.29) is 6.04 Å². The molecule has 0 radical (unpaired) electrons. The summed E-state index contributed by atoms with van der Waals surface area (Å²) in [5.41, 5.74) is 0. The Hall–Kier alpha value is -0.570. The van der Waals surface area contributed by atoms with E-state index in [0.29, 0.717) is 30.0 Å². The van der Waals surface area contributed by atoms with Gasteiger partial charge in [-0.05, 0) is 44.4 Å². The van der Waals surface area contributed by atoms with Crippen LogP contribution in [0.25, 0.3) is 0 Å². The highest BCUT2D eigenvalue weighted by molar-refractivity contribution is 5.84. The van der Waals surface area contributed by atoms with E-state index in [0.717, 1.165) is 0 Å². The summed E-state index contributed by atoms with van der Waals surface area (Å²) in [4.78, 5) is 15.0. The van der Waals surface area contributed by atoms with Gasteiger partial charge in [-0.1, -0.05) is 39.0 Å². The van der Waals surface area contributed by atoms with Crippen LogP contribution in [-0.2, 0) is 4.79 Å². The summed E-state index contributed by atoms with van der Waals surface area (Å²) < 4.78 is 0. The Morgan fingerprint density at radius 2 is 1.60 bits per heavy atom. The van der Waals surface area contributed by atoms with Gasteiger partial charge in [0.15, 0.2) is 0 Å². The molecule has 1 saturated heterocycles. The van der Waals surface area contributed by atoms with E-state index in [1.54, 1.807) is 0 Å². The molecular formula is C17H30N2O. The van der Waals surface area contributed by atoms with Crippen LogP contribution in [-0.4, -0.2) is 29.1 Å². The molecule has 114 valence electrons. The topological polar surface area (TPSA) is 32.3 Å². The molecule has 4 unspecified atom stereocenters. The zero-order valence-corrected chi connectivity index (χ0v) is 13.1. The second-order valence-corrected chi connectivity index (χ2v) is 7.31. The fraction of sp³-hybridized carbons (Fsp3) is 0.941. The first kappa shape index (κ1) is 14.4. The highest BCUT2D eigenvalue weighted by Crippen LogP contribution is 2.36. The maximum absolute atomic E-state index is 12.7. The number of hydrogen-bond acceptors (Lipinski definition) is 2. The van der Waals surface area contributed by atoms with Crippen LogP contribution in [0.4, 0.5) is 0 Å². The van der Waals surface area contributed by atoms with E-state index in [1.165, 1.54) is 57.8 Å². The second kappa shape index (κ2) is 6.05. The minimum atomic E-state index is 0.0241. The van der Waals surface area contributed by atoms with Gasteiger partial charge >= 0.3 is 0 Å². The standard InChI is InChI=1S/C17H30N2O/c1-12-8-4-3-5-11-15(12)19-16(14-9-6-7-10-14)18-13(2)17(19)20/h12-16,18H,3-11H2,1-2H3. The Labute approximate surface area is 123 Å². The molecule has 2 saturated carbocycles. The summed E-state index contributed by atoms with van der Waals surface area (Å²) in [6, 6.07) is 0.504. The van der Waals surface area contributed by atoms with Gasteiger partial charge in [0.05, 0.1) is 12.2 Å². The van der Waals surface area contributed by atoms with E-state index in [9.17, 15) is 4.79 Å². The Kier molecular flexibility index (Phi) is 4.34. The molecule has 0 bridgehead atoms. The number of amides is 1. The quantitative estimate of drug-likeness (QED) is 0.786. The predicted octanol–water partition coefficient (Wildman–Crippen LogP) is 3.29. The lowest BCUT2D eigenvalue weighted by Gasteiger charge is -2.38.